The largest absolute Gasteiger partial charge is 0.481 e. The van der Waals surface area contributed by atoms with Crippen LogP contribution in [0.4, 0.5) is 0 Å². The van der Waals surface area contributed by atoms with E-state index in [1.165, 1.54) is 0 Å². The lowest BCUT2D eigenvalue weighted by atomic mass is 9.74. The molecule has 2 fully saturated rings. The van der Waals surface area contributed by atoms with Crippen LogP contribution in [0.5, 0.6) is 0 Å². The molecule has 20 heavy (non-hydrogen) atoms. The molecule has 0 radical (unpaired) electrons. The Bertz CT molecular complexity index is 365. The molecule has 0 bridgehead atoms. The monoisotopic (exact) mass is 283 g/mol. The van der Waals surface area contributed by atoms with Crippen LogP contribution in [-0.4, -0.2) is 35.2 Å². The van der Waals surface area contributed by atoms with Gasteiger partial charge in [-0.1, -0.05) is 12.8 Å². The second-order valence-corrected chi connectivity index (χ2v) is 6.28. The maximum atomic E-state index is 12.1. The van der Waals surface area contributed by atoms with Gasteiger partial charge in [-0.3, -0.25) is 9.59 Å². The number of rotatable bonds is 5. The standard InChI is InChI=1S/C15H25NO4/c1-15(9-3-2-6-12(15)14(18)19)16-13(17)8-7-11-5-4-10-20-11/h11-12H,2-10H2,1H3,(H,16,17)(H,18,19). The summed E-state index contributed by atoms with van der Waals surface area (Å²) in [5, 5.41) is 12.3. The predicted octanol–water partition coefficient (Wildman–Crippen LogP) is 2.10. The summed E-state index contributed by atoms with van der Waals surface area (Å²) in [5.74, 6) is -1.31. The highest BCUT2D eigenvalue weighted by molar-refractivity contribution is 5.79. The molecule has 5 nitrogen and oxygen atoms in total. The minimum Gasteiger partial charge on any atom is -0.481 e. The van der Waals surface area contributed by atoms with E-state index in [2.05, 4.69) is 5.32 Å². The van der Waals surface area contributed by atoms with Gasteiger partial charge in [0, 0.05) is 13.0 Å². The highest BCUT2D eigenvalue weighted by atomic mass is 16.5. The predicted molar refractivity (Wildman–Crippen MR) is 74.3 cm³/mol. The summed E-state index contributed by atoms with van der Waals surface area (Å²) in [6, 6.07) is 0. The number of carboxylic acids is 1. The van der Waals surface area contributed by atoms with Crippen molar-refractivity contribution < 1.29 is 19.4 Å². The smallest absolute Gasteiger partial charge is 0.308 e. The third-order valence-electron chi connectivity index (χ3n) is 4.65. The van der Waals surface area contributed by atoms with Gasteiger partial charge in [0.25, 0.3) is 0 Å². The van der Waals surface area contributed by atoms with Gasteiger partial charge in [0.15, 0.2) is 0 Å². The van der Waals surface area contributed by atoms with Crippen molar-refractivity contribution in [2.75, 3.05) is 6.61 Å². The number of carbonyl (C=O) groups excluding carboxylic acids is 1. The van der Waals surface area contributed by atoms with Gasteiger partial charge in [-0.05, 0) is 39.0 Å². The zero-order valence-corrected chi connectivity index (χ0v) is 12.2. The second kappa shape index (κ2) is 6.57. The number of amides is 1. The Morgan fingerprint density at radius 2 is 2.10 bits per heavy atom. The third kappa shape index (κ3) is 3.72. The van der Waals surface area contributed by atoms with Crippen LogP contribution in [0.3, 0.4) is 0 Å². The maximum absolute atomic E-state index is 12.1. The minimum atomic E-state index is -0.799. The molecule has 2 aliphatic rings. The van der Waals surface area contributed by atoms with Crippen LogP contribution in [0.15, 0.2) is 0 Å². The number of ether oxygens (including phenoxy) is 1. The Balaban J connectivity index is 1.85. The van der Waals surface area contributed by atoms with Crippen LogP contribution >= 0.6 is 0 Å². The molecular formula is C15H25NO4. The first-order valence-electron chi connectivity index (χ1n) is 7.67. The fourth-order valence-corrected chi connectivity index (χ4v) is 3.42. The lowest BCUT2D eigenvalue weighted by molar-refractivity contribution is -0.146. The Morgan fingerprint density at radius 3 is 2.75 bits per heavy atom. The summed E-state index contributed by atoms with van der Waals surface area (Å²) in [6.45, 7) is 2.67. The average molecular weight is 283 g/mol. The van der Waals surface area contributed by atoms with Crippen molar-refractivity contribution in [2.45, 2.75) is 69.9 Å². The summed E-state index contributed by atoms with van der Waals surface area (Å²) in [7, 11) is 0. The Hall–Kier alpha value is -1.10. The molecule has 1 heterocycles. The maximum Gasteiger partial charge on any atom is 0.308 e. The number of nitrogens with one attached hydrogen (secondary N) is 1. The van der Waals surface area contributed by atoms with E-state index < -0.39 is 17.4 Å². The van der Waals surface area contributed by atoms with Crippen molar-refractivity contribution >= 4 is 11.9 Å². The molecule has 0 aromatic heterocycles. The van der Waals surface area contributed by atoms with Gasteiger partial charge in [-0.2, -0.15) is 0 Å². The molecule has 2 N–H and O–H groups in total. The van der Waals surface area contributed by atoms with E-state index in [-0.39, 0.29) is 12.0 Å². The van der Waals surface area contributed by atoms with Gasteiger partial charge in [0.05, 0.1) is 17.6 Å². The number of carbonyl (C=O) groups is 2. The lowest BCUT2D eigenvalue weighted by Crippen LogP contribution is -2.55. The van der Waals surface area contributed by atoms with Gasteiger partial charge in [-0.15, -0.1) is 0 Å². The highest BCUT2D eigenvalue weighted by Crippen LogP contribution is 2.34. The molecule has 114 valence electrons. The van der Waals surface area contributed by atoms with Gasteiger partial charge in [0.2, 0.25) is 5.91 Å². The van der Waals surface area contributed by atoms with E-state index in [4.69, 9.17) is 4.74 Å². The van der Waals surface area contributed by atoms with E-state index >= 15 is 0 Å². The van der Waals surface area contributed by atoms with Crippen LogP contribution in [-0.2, 0) is 14.3 Å². The molecule has 0 spiro atoms. The van der Waals surface area contributed by atoms with E-state index in [0.29, 0.717) is 12.8 Å². The molecule has 3 unspecified atom stereocenters. The molecule has 0 aromatic rings. The summed E-state index contributed by atoms with van der Waals surface area (Å²) in [5.41, 5.74) is -0.600. The third-order valence-corrected chi connectivity index (χ3v) is 4.65. The first-order chi connectivity index (χ1) is 9.51. The SMILES string of the molecule is CC1(NC(=O)CCC2CCCO2)CCCCC1C(=O)O. The second-order valence-electron chi connectivity index (χ2n) is 6.28. The summed E-state index contributed by atoms with van der Waals surface area (Å²) in [4.78, 5) is 23.4. The van der Waals surface area contributed by atoms with Crippen LogP contribution in [0.2, 0.25) is 0 Å². The van der Waals surface area contributed by atoms with Gasteiger partial charge in [0.1, 0.15) is 0 Å². The van der Waals surface area contributed by atoms with Crippen LogP contribution in [0.25, 0.3) is 0 Å². The molecule has 1 saturated carbocycles. The zero-order chi connectivity index (χ0) is 14.6. The molecule has 5 heteroatoms. The number of carboxylic acid groups (broad SMARTS) is 1. The van der Waals surface area contributed by atoms with Crippen LogP contribution in [0, 0.1) is 5.92 Å². The topological polar surface area (TPSA) is 75.6 Å². The summed E-state index contributed by atoms with van der Waals surface area (Å²) >= 11 is 0. The fraction of sp³-hybridized carbons (Fsp3) is 0.867. The van der Waals surface area contributed by atoms with E-state index in [1.54, 1.807) is 0 Å². The van der Waals surface area contributed by atoms with Gasteiger partial charge >= 0.3 is 5.97 Å². The first kappa shape index (κ1) is 15.3. The molecule has 3 atom stereocenters. The Kier molecular flexibility index (Phi) is 5.02. The molecular weight excluding hydrogens is 258 g/mol. The zero-order valence-electron chi connectivity index (χ0n) is 12.2. The first-order valence-corrected chi connectivity index (χ1v) is 7.67. The Labute approximate surface area is 120 Å². The molecule has 2 rings (SSSR count). The van der Waals surface area contributed by atoms with Crippen molar-refractivity contribution in [3.63, 3.8) is 0 Å². The van der Waals surface area contributed by atoms with Crippen molar-refractivity contribution in [3.05, 3.63) is 0 Å². The van der Waals surface area contributed by atoms with Crippen LogP contribution in [0.1, 0.15) is 58.3 Å². The van der Waals surface area contributed by atoms with Crippen molar-refractivity contribution in [1.29, 1.82) is 0 Å². The molecule has 1 aliphatic carbocycles. The van der Waals surface area contributed by atoms with E-state index in [9.17, 15) is 14.7 Å². The minimum absolute atomic E-state index is 0.0452. The van der Waals surface area contributed by atoms with E-state index in [1.807, 2.05) is 6.92 Å². The summed E-state index contributed by atoms with van der Waals surface area (Å²) < 4.78 is 5.50. The van der Waals surface area contributed by atoms with Crippen LogP contribution < -0.4 is 5.32 Å². The normalized spacial score (nSPS) is 33.9. The molecule has 1 amide bonds. The average Bonchev–Trinajstić information content (AvgIpc) is 2.89. The number of hydrogen-bond acceptors (Lipinski definition) is 3. The van der Waals surface area contributed by atoms with Crippen molar-refractivity contribution in [2.24, 2.45) is 5.92 Å². The van der Waals surface area contributed by atoms with Crippen molar-refractivity contribution in [3.8, 4) is 0 Å². The lowest BCUT2D eigenvalue weighted by Gasteiger charge is -2.39. The molecule has 0 aromatic carbocycles. The fourth-order valence-electron chi connectivity index (χ4n) is 3.42. The van der Waals surface area contributed by atoms with Gasteiger partial charge in [-0.25, -0.2) is 0 Å². The highest BCUT2D eigenvalue weighted by Gasteiger charge is 2.42. The number of hydrogen-bond donors (Lipinski definition) is 2. The number of aliphatic carboxylic acids is 1. The van der Waals surface area contributed by atoms with Gasteiger partial charge < -0.3 is 15.2 Å². The van der Waals surface area contributed by atoms with E-state index in [0.717, 1.165) is 45.1 Å². The Morgan fingerprint density at radius 1 is 1.30 bits per heavy atom. The van der Waals surface area contributed by atoms with Crippen molar-refractivity contribution in [1.82, 2.24) is 5.32 Å². The molecule has 1 aliphatic heterocycles. The molecule has 1 saturated heterocycles. The quantitative estimate of drug-likeness (QED) is 0.810. The summed E-state index contributed by atoms with van der Waals surface area (Å²) in [6.07, 6.45) is 6.77.